The predicted molar refractivity (Wildman–Crippen MR) is 227 cm³/mol. The van der Waals surface area contributed by atoms with Crippen molar-refractivity contribution >= 4 is 92.1 Å². The number of rotatable bonds is 5. The van der Waals surface area contributed by atoms with Crippen LogP contribution in [0.4, 0.5) is 17.1 Å². The number of fused-ring (bicyclic) bond motifs is 9. The molecular weight excluding hydrogens is 663 g/mol. The van der Waals surface area contributed by atoms with Crippen molar-refractivity contribution in [3.63, 3.8) is 0 Å². The molecule has 3 heteroatoms. The van der Waals surface area contributed by atoms with Gasteiger partial charge in [0.1, 0.15) is 11.2 Å². The molecule has 0 saturated heterocycles. The van der Waals surface area contributed by atoms with E-state index in [2.05, 4.69) is 187 Å². The summed E-state index contributed by atoms with van der Waals surface area (Å²) in [5.41, 5.74) is 9.80. The fraction of sp³-hybridized carbons (Fsp3) is 0. The fourth-order valence-electron chi connectivity index (χ4n) is 8.31. The van der Waals surface area contributed by atoms with Crippen molar-refractivity contribution in [2.75, 3.05) is 4.90 Å². The zero-order valence-corrected chi connectivity index (χ0v) is 29.5. The second-order valence-corrected chi connectivity index (χ2v) is 14.7. The van der Waals surface area contributed by atoms with E-state index in [0.29, 0.717) is 0 Å². The van der Waals surface area contributed by atoms with Gasteiger partial charge in [-0.1, -0.05) is 140 Å². The Morgan fingerprint density at radius 2 is 1.04 bits per heavy atom. The molecule has 11 rings (SSSR count). The van der Waals surface area contributed by atoms with Crippen molar-refractivity contribution in [1.82, 2.24) is 0 Å². The molecule has 2 heterocycles. The molecule has 9 aromatic carbocycles. The highest BCUT2D eigenvalue weighted by Gasteiger charge is 2.23. The van der Waals surface area contributed by atoms with Gasteiger partial charge in [0.15, 0.2) is 0 Å². The molecular formula is C50H31NOS. The molecule has 0 atom stereocenters. The number of hydrogen-bond donors (Lipinski definition) is 0. The van der Waals surface area contributed by atoms with Gasteiger partial charge in [0.25, 0.3) is 0 Å². The minimum absolute atomic E-state index is 0.870. The van der Waals surface area contributed by atoms with Crippen LogP contribution in [0.25, 0.3) is 85.9 Å². The molecule has 0 N–H and O–H groups in total. The Morgan fingerprint density at radius 1 is 0.396 bits per heavy atom. The van der Waals surface area contributed by atoms with Crippen molar-refractivity contribution in [3.8, 4) is 22.3 Å². The highest BCUT2D eigenvalue weighted by Crippen LogP contribution is 2.49. The van der Waals surface area contributed by atoms with Crippen LogP contribution in [0, 0.1) is 0 Å². The summed E-state index contributed by atoms with van der Waals surface area (Å²) in [5.74, 6) is 0. The SMILES string of the molecule is c1cc(-c2cc3ccccc3c3ccccc23)cc(N(c2ccccc2-c2cccc3c2sc2ccccc23)c2cccc3oc4ccccc4c23)c1. The van der Waals surface area contributed by atoms with Crippen LogP contribution in [0.5, 0.6) is 0 Å². The first kappa shape index (κ1) is 30.0. The van der Waals surface area contributed by atoms with E-state index in [4.69, 9.17) is 4.42 Å². The van der Waals surface area contributed by atoms with Gasteiger partial charge in [0.05, 0.1) is 16.8 Å². The van der Waals surface area contributed by atoms with Crippen molar-refractivity contribution in [3.05, 3.63) is 188 Å². The smallest absolute Gasteiger partial charge is 0.137 e. The topological polar surface area (TPSA) is 16.4 Å². The molecule has 0 aliphatic heterocycles. The van der Waals surface area contributed by atoms with Gasteiger partial charge < -0.3 is 9.32 Å². The van der Waals surface area contributed by atoms with E-state index >= 15 is 0 Å². The highest BCUT2D eigenvalue weighted by atomic mass is 32.1. The first-order valence-corrected chi connectivity index (χ1v) is 18.8. The second-order valence-electron chi connectivity index (χ2n) is 13.6. The Kier molecular flexibility index (Phi) is 6.76. The molecule has 0 spiro atoms. The van der Waals surface area contributed by atoms with E-state index in [1.165, 1.54) is 64.0 Å². The second kappa shape index (κ2) is 11.9. The Morgan fingerprint density at radius 3 is 1.96 bits per heavy atom. The highest BCUT2D eigenvalue weighted by molar-refractivity contribution is 7.26. The van der Waals surface area contributed by atoms with Crippen LogP contribution < -0.4 is 4.90 Å². The van der Waals surface area contributed by atoms with Crippen LogP contribution in [0.15, 0.2) is 192 Å². The maximum atomic E-state index is 6.48. The third-order valence-electron chi connectivity index (χ3n) is 10.6. The van der Waals surface area contributed by atoms with Gasteiger partial charge in [-0.3, -0.25) is 0 Å². The van der Waals surface area contributed by atoms with E-state index in [0.717, 1.165) is 39.0 Å². The van der Waals surface area contributed by atoms with Crippen LogP contribution in [-0.2, 0) is 0 Å². The number of hydrogen-bond acceptors (Lipinski definition) is 3. The van der Waals surface area contributed by atoms with Gasteiger partial charge in [0.2, 0.25) is 0 Å². The maximum Gasteiger partial charge on any atom is 0.137 e. The standard InChI is InChI=1S/C50H31NOS/c1-2-17-35-33(14-1)31-43(37-19-4-3-18-36(35)37)32-15-11-16-34(30-32)51(45-26-13-28-47-49(45)42-22-6-9-27-46(42)52-47)44-25-8-5-20-38(44)40-23-12-24-41-39-21-7-10-29-48(39)53-50(40)41/h1-31H. The average Bonchev–Trinajstić information content (AvgIpc) is 3.80. The zero-order valence-electron chi connectivity index (χ0n) is 28.7. The van der Waals surface area contributed by atoms with Crippen molar-refractivity contribution in [2.45, 2.75) is 0 Å². The monoisotopic (exact) mass is 693 g/mol. The van der Waals surface area contributed by atoms with Crippen molar-refractivity contribution < 1.29 is 4.42 Å². The lowest BCUT2D eigenvalue weighted by Gasteiger charge is -2.29. The molecule has 53 heavy (non-hydrogen) atoms. The summed E-state index contributed by atoms with van der Waals surface area (Å²) in [6.07, 6.45) is 0. The zero-order chi connectivity index (χ0) is 34.9. The molecule has 2 nitrogen and oxygen atoms in total. The Labute approximate surface area is 310 Å². The lowest BCUT2D eigenvalue weighted by Crippen LogP contribution is -2.11. The molecule has 0 amide bonds. The first-order valence-electron chi connectivity index (χ1n) is 18.0. The third-order valence-corrected chi connectivity index (χ3v) is 11.9. The Hall–Kier alpha value is -6.68. The average molecular weight is 694 g/mol. The molecule has 2 aromatic heterocycles. The number of thiophene rings is 1. The van der Waals surface area contributed by atoms with Gasteiger partial charge >= 0.3 is 0 Å². The van der Waals surface area contributed by atoms with E-state index in [1.54, 1.807) is 0 Å². The molecule has 0 unspecified atom stereocenters. The molecule has 0 aliphatic rings. The van der Waals surface area contributed by atoms with Gasteiger partial charge in [-0.25, -0.2) is 0 Å². The summed E-state index contributed by atoms with van der Waals surface area (Å²) in [4.78, 5) is 2.44. The van der Waals surface area contributed by atoms with Crippen LogP contribution in [0.1, 0.15) is 0 Å². The summed E-state index contributed by atoms with van der Waals surface area (Å²) in [6.45, 7) is 0. The fourth-order valence-corrected chi connectivity index (χ4v) is 9.54. The lowest BCUT2D eigenvalue weighted by molar-refractivity contribution is 0.669. The minimum Gasteiger partial charge on any atom is -0.456 e. The van der Waals surface area contributed by atoms with E-state index in [9.17, 15) is 0 Å². The summed E-state index contributed by atoms with van der Waals surface area (Å²) in [7, 11) is 0. The van der Waals surface area contributed by atoms with Crippen molar-refractivity contribution in [1.29, 1.82) is 0 Å². The van der Waals surface area contributed by atoms with Gasteiger partial charge in [-0.15, -0.1) is 11.3 Å². The summed E-state index contributed by atoms with van der Waals surface area (Å²) < 4.78 is 9.07. The summed E-state index contributed by atoms with van der Waals surface area (Å²) in [5, 5.41) is 9.80. The number of benzene rings is 9. The third kappa shape index (κ3) is 4.71. The van der Waals surface area contributed by atoms with Crippen LogP contribution >= 0.6 is 11.3 Å². The number of anilines is 3. The molecule has 11 aromatic rings. The number of nitrogens with zero attached hydrogens (tertiary/aromatic N) is 1. The van der Waals surface area contributed by atoms with E-state index in [-0.39, 0.29) is 0 Å². The quantitative estimate of drug-likeness (QED) is 0.167. The molecule has 0 bridgehead atoms. The van der Waals surface area contributed by atoms with Gasteiger partial charge in [-0.05, 0) is 81.2 Å². The first-order chi connectivity index (χ1) is 26.3. The maximum absolute atomic E-state index is 6.48. The minimum atomic E-state index is 0.870. The number of para-hydroxylation sites is 2. The normalized spacial score (nSPS) is 11.8. The number of furan rings is 1. The Balaban J connectivity index is 1.20. The van der Waals surface area contributed by atoms with Crippen LogP contribution in [0.2, 0.25) is 0 Å². The van der Waals surface area contributed by atoms with Gasteiger partial charge in [-0.2, -0.15) is 0 Å². The molecule has 0 radical (unpaired) electrons. The molecule has 0 aliphatic carbocycles. The predicted octanol–water partition coefficient (Wildman–Crippen LogP) is 15.1. The molecule has 248 valence electrons. The molecule has 0 fully saturated rings. The van der Waals surface area contributed by atoms with E-state index < -0.39 is 0 Å². The van der Waals surface area contributed by atoms with Crippen LogP contribution in [0.3, 0.4) is 0 Å². The van der Waals surface area contributed by atoms with Crippen molar-refractivity contribution in [2.24, 2.45) is 0 Å². The Bertz CT molecular complexity index is 3200. The van der Waals surface area contributed by atoms with Gasteiger partial charge in [0, 0.05) is 42.4 Å². The summed E-state index contributed by atoms with van der Waals surface area (Å²) in [6, 6.07) is 68.0. The summed E-state index contributed by atoms with van der Waals surface area (Å²) >= 11 is 1.87. The van der Waals surface area contributed by atoms with Crippen LogP contribution in [-0.4, -0.2) is 0 Å². The lowest BCUT2D eigenvalue weighted by atomic mass is 9.93. The van der Waals surface area contributed by atoms with E-state index in [1.807, 2.05) is 17.4 Å². The molecule has 0 saturated carbocycles. The largest absolute Gasteiger partial charge is 0.456 e.